The van der Waals surface area contributed by atoms with Crippen LogP contribution in [-0.2, 0) is 6.54 Å². The molecule has 1 aromatic heterocycles. The molecule has 0 fully saturated rings. The van der Waals surface area contributed by atoms with Crippen molar-refractivity contribution in [2.45, 2.75) is 18.0 Å². The Morgan fingerprint density at radius 3 is 2.46 bits per heavy atom. The molecule has 13 heavy (non-hydrogen) atoms. The molecule has 76 valence electrons. The van der Waals surface area contributed by atoms with Crippen molar-refractivity contribution in [3.8, 4) is 0 Å². The van der Waals surface area contributed by atoms with Crippen molar-refractivity contribution in [1.29, 1.82) is 0 Å². The maximum atomic E-state index is 12.0. The van der Waals surface area contributed by atoms with E-state index in [-0.39, 0.29) is 6.54 Å². The third kappa shape index (κ3) is 2.99. The van der Waals surface area contributed by atoms with Crippen molar-refractivity contribution in [2.24, 2.45) is 0 Å². The fraction of sp³-hybridized carbons (Fsp3) is 0.625. The Bertz CT molecular complexity index is 278. The van der Waals surface area contributed by atoms with Crippen molar-refractivity contribution in [2.75, 3.05) is 18.8 Å². The van der Waals surface area contributed by atoms with E-state index in [0.29, 0.717) is 0 Å². The van der Waals surface area contributed by atoms with Crippen LogP contribution in [0, 0.1) is 0 Å². The molecule has 0 aromatic carbocycles. The molecule has 0 aliphatic rings. The minimum atomic E-state index is -2.33. The van der Waals surface area contributed by atoms with Gasteiger partial charge in [0, 0.05) is 6.20 Å². The zero-order chi connectivity index (χ0) is 10.1. The van der Waals surface area contributed by atoms with Gasteiger partial charge >= 0.3 is 0 Å². The molecule has 0 radical (unpaired) electrons. The van der Waals surface area contributed by atoms with E-state index < -0.39 is 16.5 Å². The van der Waals surface area contributed by atoms with Crippen LogP contribution >= 0.6 is 10.0 Å². The largest absolute Gasteiger partial charge is 0.266 e. The number of halogens is 2. The summed E-state index contributed by atoms with van der Waals surface area (Å²) in [5.74, 6) is 0. The summed E-state index contributed by atoms with van der Waals surface area (Å²) in [4.78, 5) is 0. The molecule has 0 bridgehead atoms. The predicted molar refractivity (Wildman–Crippen MR) is 51.9 cm³/mol. The van der Waals surface area contributed by atoms with Crippen molar-refractivity contribution >= 4 is 10.0 Å². The molecule has 0 spiro atoms. The highest BCUT2D eigenvalue weighted by Gasteiger charge is 2.12. The first kappa shape index (κ1) is 10.5. The Kier molecular flexibility index (Phi) is 2.95. The van der Waals surface area contributed by atoms with Gasteiger partial charge in [0.2, 0.25) is 0 Å². The van der Waals surface area contributed by atoms with Crippen LogP contribution in [0.15, 0.2) is 17.3 Å². The first-order valence-corrected chi connectivity index (χ1v) is 6.75. The van der Waals surface area contributed by atoms with Crippen LogP contribution in [-0.4, -0.2) is 35.0 Å². The van der Waals surface area contributed by atoms with E-state index in [4.69, 9.17) is 0 Å². The van der Waals surface area contributed by atoms with Gasteiger partial charge in [-0.15, -0.1) is 0 Å². The summed E-state index contributed by atoms with van der Waals surface area (Å²) in [6, 6.07) is 1.82. The van der Waals surface area contributed by atoms with Crippen LogP contribution in [0.25, 0.3) is 0 Å². The molecular weight excluding hydrogens is 194 g/mol. The molecule has 0 amide bonds. The SMILES string of the molecule is CS(C)(C)c1ccn(CC(F)F)n1. The number of rotatable bonds is 3. The Morgan fingerprint density at radius 1 is 1.46 bits per heavy atom. The van der Waals surface area contributed by atoms with Gasteiger partial charge in [-0.3, -0.25) is 4.68 Å². The standard InChI is InChI=1S/C8H14F2N2S/c1-13(2,3)8-4-5-12(11-8)6-7(9)10/h4-5,7H,6H2,1-3H3. The van der Waals surface area contributed by atoms with E-state index in [9.17, 15) is 8.78 Å². The van der Waals surface area contributed by atoms with E-state index in [1.165, 1.54) is 4.68 Å². The molecule has 1 heterocycles. The molecular formula is C8H14F2N2S. The van der Waals surface area contributed by atoms with Gasteiger partial charge in [-0.25, -0.2) is 18.8 Å². The molecule has 0 saturated heterocycles. The fourth-order valence-electron chi connectivity index (χ4n) is 0.913. The molecule has 0 aliphatic carbocycles. The number of nitrogens with zero attached hydrogens (tertiary/aromatic N) is 2. The minimum Gasteiger partial charge on any atom is -0.266 e. The Morgan fingerprint density at radius 2 is 2.08 bits per heavy atom. The minimum absolute atomic E-state index is 0.310. The average molecular weight is 208 g/mol. The van der Waals surface area contributed by atoms with Crippen LogP contribution in [0.5, 0.6) is 0 Å². The molecule has 2 nitrogen and oxygen atoms in total. The molecule has 0 N–H and O–H groups in total. The van der Waals surface area contributed by atoms with Gasteiger partial charge in [0.05, 0.1) is 0 Å². The zero-order valence-corrected chi connectivity index (χ0v) is 8.81. The molecule has 0 aliphatic heterocycles. The lowest BCUT2D eigenvalue weighted by molar-refractivity contribution is 0.121. The van der Waals surface area contributed by atoms with E-state index in [1.807, 2.05) is 6.07 Å². The quantitative estimate of drug-likeness (QED) is 0.744. The van der Waals surface area contributed by atoms with E-state index in [2.05, 4.69) is 23.9 Å². The van der Waals surface area contributed by atoms with Crippen molar-refractivity contribution in [3.63, 3.8) is 0 Å². The highest BCUT2D eigenvalue weighted by atomic mass is 32.3. The lowest BCUT2D eigenvalue weighted by Crippen LogP contribution is -2.07. The summed E-state index contributed by atoms with van der Waals surface area (Å²) >= 11 is 0. The monoisotopic (exact) mass is 208 g/mol. The van der Waals surface area contributed by atoms with Gasteiger partial charge in [0.1, 0.15) is 11.6 Å². The van der Waals surface area contributed by atoms with Crippen LogP contribution in [0.4, 0.5) is 8.78 Å². The number of hydrogen-bond acceptors (Lipinski definition) is 1. The smallest absolute Gasteiger partial charge is 0.257 e. The summed E-state index contributed by atoms with van der Waals surface area (Å²) in [5.41, 5.74) is 0. The molecule has 0 unspecified atom stereocenters. The molecule has 0 atom stereocenters. The van der Waals surface area contributed by atoms with Gasteiger partial charge in [-0.05, 0) is 24.8 Å². The van der Waals surface area contributed by atoms with Crippen LogP contribution < -0.4 is 0 Å². The van der Waals surface area contributed by atoms with Gasteiger partial charge in [-0.2, -0.15) is 5.10 Å². The van der Waals surface area contributed by atoms with E-state index in [1.54, 1.807) is 6.20 Å². The second kappa shape index (κ2) is 3.65. The highest BCUT2D eigenvalue weighted by Crippen LogP contribution is 2.43. The fourth-order valence-corrected chi connectivity index (χ4v) is 1.73. The van der Waals surface area contributed by atoms with Crippen molar-refractivity contribution in [3.05, 3.63) is 12.3 Å². The average Bonchev–Trinajstić information content (AvgIpc) is 2.32. The number of aromatic nitrogens is 2. The van der Waals surface area contributed by atoms with E-state index in [0.717, 1.165) is 5.03 Å². The second-order valence-corrected chi connectivity index (χ2v) is 7.70. The second-order valence-electron chi connectivity index (χ2n) is 3.60. The normalized spacial score (nSPS) is 13.7. The van der Waals surface area contributed by atoms with Crippen LogP contribution in [0.3, 0.4) is 0 Å². The Labute approximate surface area is 78.3 Å². The zero-order valence-electron chi connectivity index (χ0n) is 8.00. The molecule has 1 rings (SSSR count). The van der Waals surface area contributed by atoms with Crippen LogP contribution in [0.2, 0.25) is 0 Å². The van der Waals surface area contributed by atoms with Gasteiger partial charge < -0.3 is 0 Å². The highest BCUT2D eigenvalue weighted by molar-refractivity contribution is 8.32. The predicted octanol–water partition coefficient (Wildman–Crippen LogP) is 2.20. The van der Waals surface area contributed by atoms with Crippen LogP contribution in [0.1, 0.15) is 0 Å². The number of alkyl halides is 2. The maximum Gasteiger partial charge on any atom is 0.257 e. The first-order valence-electron chi connectivity index (χ1n) is 3.89. The molecule has 0 saturated carbocycles. The lowest BCUT2D eigenvalue weighted by Gasteiger charge is -2.21. The molecule has 1 aromatic rings. The summed E-state index contributed by atoms with van der Waals surface area (Å²) < 4.78 is 25.2. The molecule has 5 heteroatoms. The maximum absolute atomic E-state index is 12.0. The van der Waals surface area contributed by atoms with Crippen molar-refractivity contribution in [1.82, 2.24) is 9.78 Å². The van der Waals surface area contributed by atoms with Gasteiger partial charge in [0.15, 0.2) is 0 Å². The number of hydrogen-bond donors (Lipinski definition) is 0. The van der Waals surface area contributed by atoms with Gasteiger partial charge in [0.25, 0.3) is 6.43 Å². The van der Waals surface area contributed by atoms with Gasteiger partial charge in [-0.1, -0.05) is 0 Å². The third-order valence-corrected chi connectivity index (χ3v) is 3.04. The Hall–Kier alpha value is -0.580. The summed E-state index contributed by atoms with van der Waals surface area (Å²) in [5, 5.41) is 5.02. The topological polar surface area (TPSA) is 17.8 Å². The summed E-state index contributed by atoms with van der Waals surface area (Å²) in [7, 11) is -0.895. The summed E-state index contributed by atoms with van der Waals surface area (Å²) in [6.45, 7) is -0.310. The van der Waals surface area contributed by atoms with Crippen molar-refractivity contribution < 1.29 is 8.78 Å². The summed E-state index contributed by atoms with van der Waals surface area (Å²) in [6.07, 6.45) is 5.54. The lowest BCUT2D eigenvalue weighted by atomic mass is 10.7. The first-order chi connectivity index (χ1) is 5.89. The third-order valence-electron chi connectivity index (χ3n) is 1.57. The van der Waals surface area contributed by atoms with E-state index >= 15 is 0 Å². The Balaban J connectivity index is 2.75.